The third-order valence-corrected chi connectivity index (χ3v) is 6.35. The molecule has 1 aliphatic heterocycles. The first kappa shape index (κ1) is 17.3. The lowest BCUT2D eigenvalue weighted by Crippen LogP contribution is -2.05. The third kappa shape index (κ3) is 2.94. The molecule has 0 aliphatic carbocycles. The van der Waals surface area contributed by atoms with Crippen LogP contribution in [0.25, 0.3) is 20.8 Å². The van der Waals surface area contributed by atoms with Gasteiger partial charge in [-0.1, -0.05) is 6.92 Å². The second kappa shape index (κ2) is 6.86. The second-order valence-corrected chi connectivity index (χ2v) is 8.10. The number of rotatable bonds is 5. The van der Waals surface area contributed by atoms with Gasteiger partial charge in [0.25, 0.3) is 0 Å². The summed E-state index contributed by atoms with van der Waals surface area (Å²) in [6, 6.07) is 3.89. The number of fused-ring (bicyclic) bond motifs is 2. The number of nitrogens with zero attached hydrogens (tertiary/aromatic N) is 1. The number of carbonyl (C=O) groups excluding carboxylic acids is 1. The number of thiophene rings is 1. The molecule has 6 nitrogen and oxygen atoms in total. The van der Waals surface area contributed by atoms with Crippen LogP contribution in [-0.4, -0.2) is 24.7 Å². The molecule has 2 N–H and O–H groups in total. The molecule has 1 aromatic carbocycles. The molecule has 4 rings (SSSR count). The van der Waals surface area contributed by atoms with E-state index in [4.69, 9.17) is 14.5 Å². The lowest BCUT2D eigenvalue weighted by molar-refractivity contribution is -0.114. The molecule has 0 radical (unpaired) electrons. The molecule has 2 aromatic heterocycles. The van der Waals surface area contributed by atoms with Crippen molar-refractivity contribution in [1.82, 2.24) is 10.3 Å². The molecule has 0 saturated carbocycles. The van der Waals surface area contributed by atoms with Gasteiger partial charge in [0.05, 0.1) is 10.2 Å². The minimum Gasteiger partial charge on any atom is -0.454 e. The van der Waals surface area contributed by atoms with Gasteiger partial charge in [0.2, 0.25) is 12.7 Å². The molecule has 3 aromatic rings. The van der Waals surface area contributed by atoms with Crippen LogP contribution in [0, 0.1) is 0 Å². The summed E-state index contributed by atoms with van der Waals surface area (Å²) >= 11 is 3.22. The van der Waals surface area contributed by atoms with Gasteiger partial charge in [-0.2, -0.15) is 0 Å². The Kier molecular flexibility index (Phi) is 4.56. The van der Waals surface area contributed by atoms with E-state index in [0.29, 0.717) is 0 Å². The Morgan fingerprint density at radius 2 is 2.04 bits per heavy atom. The van der Waals surface area contributed by atoms with Crippen molar-refractivity contribution in [3.05, 3.63) is 22.6 Å². The van der Waals surface area contributed by atoms with E-state index in [1.165, 1.54) is 17.4 Å². The fraction of sp³-hybridized carbons (Fsp3) is 0.333. The van der Waals surface area contributed by atoms with Gasteiger partial charge in [-0.25, -0.2) is 4.98 Å². The van der Waals surface area contributed by atoms with Gasteiger partial charge >= 0.3 is 0 Å². The van der Waals surface area contributed by atoms with Crippen LogP contribution < -0.4 is 20.1 Å². The molecule has 0 fully saturated rings. The minimum atomic E-state index is -0.0759. The average molecular weight is 390 g/mol. The lowest BCUT2D eigenvalue weighted by atomic mass is 10.1. The third-order valence-electron chi connectivity index (χ3n) is 4.17. The maximum atomic E-state index is 11.7. The number of carbonyl (C=O) groups is 1. The number of hydrogen-bond acceptors (Lipinski definition) is 7. The number of aromatic nitrogens is 1. The van der Waals surface area contributed by atoms with Crippen LogP contribution in [0.1, 0.15) is 24.3 Å². The molecule has 26 heavy (non-hydrogen) atoms. The molecule has 136 valence electrons. The van der Waals surface area contributed by atoms with Crippen molar-refractivity contribution in [2.45, 2.75) is 26.8 Å². The summed E-state index contributed by atoms with van der Waals surface area (Å²) in [5.41, 5.74) is 3.14. The summed E-state index contributed by atoms with van der Waals surface area (Å²) in [6.07, 6.45) is 0.876. The summed E-state index contributed by atoms with van der Waals surface area (Å²) in [4.78, 5) is 17.8. The lowest BCUT2D eigenvalue weighted by Gasteiger charge is -2.04. The maximum absolute atomic E-state index is 11.7. The molecule has 3 heterocycles. The largest absolute Gasteiger partial charge is 0.454 e. The number of nitrogens with one attached hydrogen (secondary N) is 2. The highest BCUT2D eigenvalue weighted by molar-refractivity contribution is 7.23. The zero-order chi connectivity index (χ0) is 18.3. The molecule has 1 amide bonds. The van der Waals surface area contributed by atoms with Gasteiger partial charge in [0, 0.05) is 36.0 Å². The first-order valence-corrected chi connectivity index (χ1v) is 10.0. The van der Waals surface area contributed by atoms with Crippen molar-refractivity contribution in [2.75, 3.05) is 19.2 Å². The molecule has 1 aliphatic rings. The van der Waals surface area contributed by atoms with E-state index in [9.17, 15) is 4.79 Å². The van der Waals surface area contributed by atoms with Gasteiger partial charge in [-0.05, 0) is 19.0 Å². The Morgan fingerprint density at radius 1 is 1.27 bits per heavy atom. The molecular weight excluding hydrogens is 370 g/mol. The summed E-state index contributed by atoms with van der Waals surface area (Å²) in [6.45, 7) is 4.68. The van der Waals surface area contributed by atoms with Crippen molar-refractivity contribution in [3.8, 4) is 22.1 Å². The Balaban J connectivity index is 1.87. The SMILES string of the molecule is CCc1c(CNC)sc(NC(C)=O)c1-c1nc2cc3c(cc2s1)OCO3. The molecular formula is C18H19N3O3S2. The fourth-order valence-corrected chi connectivity index (χ4v) is 5.56. The summed E-state index contributed by atoms with van der Waals surface area (Å²) < 4.78 is 12.0. The molecule has 0 bridgehead atoms. The van der Waals surface area contributed by atoms with E-state index < -0.39 is 0 Å². The van der Waals surface area contributed by atoms with Crippen LogP contribution in [0.2, 0.25) is 0 Å². The molecule has 0 spiro atoms. The molecule has 0 unspecified atom stereocenters. The van der Waals surface area contributed by atoms with Crippen molar-refractivity contribution < 1.29 is 14.3 Å². The van der Waals surface area contributed by atoms with Gasteiger partial charge in [-0.15, -0.1) is 22.7 Å². The van der Waals surface area contributed by atoms with E-state index in [2.05, 4.69) is 17.6 Å². The summed E-state index contributed by atoms with van der Waals surface area (Å²) in [5, 5.41) is 7.96. The predicted octanol–water partition coefficient (Wildman–Crippen LogP) is 3.99. The standard InChI is InChI=1S/C18H19N3O3S2/c1-4-10-15(7-19-3)26-17(20-9(2)22)16(10)18-21-11-5-12-13(24-8-23-12)6-14(11)25-18/h5-6,19H,4,7-8H2,1-3H3,(H,20,22). The van der Waals surface area contributed by atoms with Crippen LogP contribution in [0.15, 0.2) is 12.1 Å². The van der Waals surface area contributed by atoms with Crippen molar-refractivity contribution in [1.29, 1.82) is 0 Å². The van der Waals surface area contributed by atoms with Crippen LogP contribution in [-0.2, 0) is 17.8 Å². The van der Waals surface area contributed by atoms with Crippen molar-refractivity contribution in [3.63, 3.8) is 0 Å². The Bertz CT molecular complexity index is 952. The predicted molar refractivity (Wildman–Crippen MR) is 106 cm³/mol. The zero-order valence-electron chi connectivity index (χ0n) is 14.8. The number of benzene rings is 1. The van der Waals surface area contributed by atoms with Crippen LogP contribution in [0.3, 0.4) is 0 Å². The van der Waals surface area contributed by atoms with Crippen molar-refractivity contribution in [2.24, 2.45) is 0 Å². The monoisotopic (exact) mass is 389 g/mol. The van der Waals surface area contributed by atoms with Gasteiger partial charge < -0.3 is 20.1 Å². The number of hydrogen-bond donors (Lipinski definition) is 2. The van der Waals surface area contributed by atoms with E-state index in [1.54, 1.807) is 22.7 Å². The van der Waals surface area contributed by atoms with Gasteiger partial charge in [0.15, 0.2) is 11.5 Å². The zero-order valence-corrected chi connectivity index (χ0v) is 16.4. The van der Waals surface area contributed by atoms with Crippen LogP contribution >= 0.6 is 22.7 Å². The quantitative estimate of drug-likeness (QED) is 0.690. The number of thiazole rings is 1. The Morgan fingerprint density at radius 3 is 2.73 bits per heavy atom. The average Bonchev–Trinajstić information content (AvgIpc) is 3.28. The fourth-order valence-electron chi connectivity index (χ4n) is 3.09. The topological polar surface area (TPSA) is 72.5 Å². The normalized spacial score (nSPS) is 12.7. The number of ether oxygens (including phenoxy) is 2. The van der Waals surface area contributed by atoms with Gasteiger partial charge in [-0.3, -0.25) is 4.79 Å². The highest BCUT2D eigenvalue weighted by Gasteiger charge is 2.23. The molecule has 0 atom stereocenters. The van der Waals surface area contributed by atoms with E-state index in [0.717, 1.165) is 50.3 Å². The second-order valence-electron chi connectivity index (χ2n) is 5.97. The van der Waals surface area contributed by atoms with E-state index >= 15 is 0 Å². The smallest absolute Gasteiger partial charge is 0.231 e. The highest BCUT2D eigenvalue weighted by atomic mass is 32.1. The van der Waals surface area contributed by atoms with E-state index in [1.807, 2.05) is 19.2 Å². The minimum absolute atomic E-state index is 0.0759. The van der Waals surface area contributed by atoms with Crippen LogP contribution in [0.5, 0.6) is 11.5 Å². The Hall–Kier alpha value is -2.16. The molecule has 8 heteroatoms. The Labute approximate surface area is 159 Å². The highest BCUT2D eigenvalue weighted by Crippen LogP contribution is 2.46. The maximum Gasteiger partial charge on any atom is 0.231 e. The first-order valence-electron chi connectivity index (χ1n) is 8.38. The summed E-state index contributed by atoms with van der Waals surface area (Å²) in [5.74, 6) is 1.41. The van der Waals surface area contributed by atoms with Gasteiger partial charge in [0.1, 0.15) is 10.0 Å². The first-order chi connectivity index (χ1) is 12.6. The number of anilines is 1. The van der Waals surface area contributed by atoms with Crippen molar-refractivity contribution >= 4 is 43.8 Å². The number of amides is 1. The van der Waals surface area contributed by atoms with E-state index in [-0.39, 0.29) is 12.7 Å². The van der Waals surface area contributed by atoms with Crippen LogP contribution in [0.4, 0.5) is 5.00 Å². The molecule has 0 saturated heterocycles. The summed E-state index contributed by atoms with van der Waals surface area (Å²) in [7, 11) is 1.93.